The zero-order valence-corrected chi connectivity index (χ0v) is 22.9. The van der Waals surface area contributed by atoms with E-state index in [0.29, 0.717) is 23.4 Å². The molecule has 0 radical (unpaired) electrons. The largest absolute Gasteiger partial charge is 0.488 e. The van der Waals surface area contributed by atoms with Gasteiger partial charge in [-0.2, -0.15) is 0 Å². The fraction of sp³-hybridized carbons (Fsp3) is 0.367. The van der Waals surface area contributed by atoms with Gasteiger partial charge >= 0.3 is 6.09 Å². The summed E-state index contributed by atoms with van der Waals surface area (Å²) in [5, 5.41) is 8.54. The van der Waals surface area contributed by atoms with Gasteiger partial charge < -0.3 is 25.1 Å². The minimum Gasteiger partial charge on any atom is -0.488 e. The average Bonchev–Trinajstić information content (AvgIpc) is 3.63. The molecule has 0 spiro atoms. The maximum atomic E-state index is 13.3. The first-order valence-corrected chi connectivity index (χ1v) is 13.7. The van der Waals surface area contributed by atoms with Gasteiger partial charge in [0.15, 0.2) is 0 Å². The second kappa shape index (κ2) is 10.1. The van der Waals surface area contributed by atoms with Crippen LogP contribution in [-0.2, 0) is 16.1 Å². The highest BCUT2D eigenvalue weighted by Crippen LogP contribution is 2.43. The van der Waals surface area contributed by atoms with Gasteiger partial charge in [-0.3, -0.25) is 4.79 Å². The maximum absolute atomic E-state index is 13.3. The summed E-state index contributed by atoms with van der Waals surface area (Å²) in [5.41, 5.74) is 4.95. The Labute approximate surface area is 231 Å². The molecule has 1 aliphatic carbocycles. The Hall–Kier alpha value is -3.78. The van der Waals surface area contributed by atoms with Gasteiger partial charge in [0.2, 0.25) is 5.91 Å². The minimum absolute atomic E-state index is 0.113. The number of hydrogen-bond donors (Lipinski definition) is 3. The number of aromatic nitrogens is 2. The zero-order chi connectivity index (χ0) is 27.3. The first-order valence-electron chi connectivity index (χ1n) is 13.3. The number of imidazole rings is 1. The molecule has 202 valence electrons. The minimum atomic E-state index is -0.717. The number of rotatable bonds is 7. The predicted molar refractivity (Wildman–Crippen MR) is 151 cm³/mol. The van der Waals surface area contributed by atoms with E-state index in [1.54, 1.807) is 0 Å². The van der Waals surface area contributed by atoms with Crippen LogP contribution in [0.1, 0.15) is 50.5 Å². The number of carbonyl (C=O) groups is 2. The molecule has 2 amide bonds. The fourth-order valence-electron chi connectivity index (χ4n) is 5.35. The summed E-state index contributed by atoms with van der Waals surface area (Å²) in [6.07, 6.45) is 2.43. The average molecular weight is 547 g/mol. The van der Waals surface area contributed by atoms with Gasteiger partial charge in [-0.1, -0.05) is 50.4 Å². The number of carbonyl (C=O) groups excluding carboxylic acids is 2. The molecular formula is C30H31ClN4O4. The summed E-state index contributed by atoms with van der Waals surface area (Å²) < 4.78 is 10.8. The van der Waals surface area contributed by atoms with Crippen LogP contribution in [0, 0.1) is 11.8 Å². The Balaban J connectivity index is 1.35. The van der Waals surface area contributed by atoms with Crippen LogP contribution >= 0.6 is 11.6 Å². The van der Waals surface area contributed by atoms with Crippen molar-refractivity contribution in [2.75, 3.05) is 7.11 Å². The van der Waals surface area contributed by atoms with Crippen molar-refractivity contribution in [3.63, 3.8) is 0 Å². The third kappa shape index (κ3) is 5.01. The molecular weight excluding hydrogens is 516 g/mol. The van der Waals surface area contributed by atoms with Gasteiger partial charge in [0.25, 0.3) is 0 Å². The standard InChI is InChI=1S/C30H31ClN4O4/c1-15(2)26(35-30(37)38-3)29(36)33-24(10-16-4-5-16)28-32-23-9-6-17-12-22-20-8-7-19(31)11-18(20)14-39-25(22)13-21(17)27(23)34-28/h6-9,11-13,15-16,24,26H,4-5,10,14H2,1-3H3,(H,32,34)(H,33,36)(H,35,37)/t24-,26-/m0/s1. The van der Waals surface area contributed by atoms with E-state index in [-0.39, 0.29) is 17.9 Å². The van der Waals surface area contributed by atoms with Crippen molar-refractivity contribution in [3.05, 3.63) is 58.9 Å². The predicted octanol–water partition coefficient (Wildman–Crippen LogP) is 6.27. The molecule has 3 aromatic carbocycles. The van der Waals surface area contributed by atoms with Crippen LogP contribution in [-0.4, -0.2) is 35.1 Å². The highest BCUT2D eigenvalue weighted by Gasteiger charge is 2.32. The van der Waals surface area contributed by atoms with E-state index in [1.165, 1.54) is 7.11 Å². The fourth-order valence-corrected chi connectivity index (χ4v) is 5.54. The lowest BCUT2D eigenvalue weighted by molar-refractivity contribution is -0.125. The van der Waals surface area contributed by atoms with Gasteiger partial charge in [-0.15, -0.1) is 0 Å². The summed E-state index contributed by atoms with van der Waals surface area (Å²) in [6.45, 7) is 4.24. The van der Waals surface area contributed by atoms with Crippen molar-refractivity contribution in [1.82, 2.24) is 20.6 Å². The topological polar surface area (TPSA) is 105 Å². The third-order valence-corrected chi connectivity index (χ3v) is 7.88. The first-order chi connectivity index (χ1) is 18.8. The van der Waals surface area contributed by atoms with Crippen LogP contribution in [0.2, 0.25) is 5.02 Å². The van der Waals surface area contributed by atoms with E-state index < -0.39 is 12.1 Å². The molecule has 8 nitrogen and oxygen atoms in total. The number of ether oxygens (including phenoxy) is 2. The molecule has 0 unspecified atom stereocenters. The number of alkyl carbamates (subject to hydrolysis) is 1. The van der Waals surface area contributed by atoms with Gasteiger partial charge in [0.1, 0.15) is 24.2 Å². The number of halogens is 1. The number of methoxy groups -OCH3 is 1. The van der Waals surface area contributed by atoms with E-state index in [1.807, 2.05) is 38.1 Å². The molecule has 2 aliphatic rings. The molecule has 1 aromatic heterocycles. The van der Waals surface area contributed by atoms with E-state index in [9.17, 15) is 9.59 Å². The number of fused-ring (bicyclic) bond motifs is 6. The van der Waals surface area contributed by atoms with E-state index in [4.69, 9.17) is 26.1 Å². The van der Waals surface area contributed by atoms with Crippen LogP contribution in [0.3, 0.4) is 0 Å². The van der Waals surface area contributed by atoms with Crippen LogP contribution in [0.5, 0.6) is 5.75 Å². The van der Waals surface area contributed by atoms with Crippen molar-refractivity contribution in [3.8, 4) is 16.9 Å². The Morgan fingerprint density at radius 1 is 1.13 bits per heavy atom. The van der Waals surface area contributed by atoms with Crippen molar-refractivity contribution in [1.29, 1.82) is 0 Å². The number of nitrogens with one attached hydrogen (secondary N) is 3. The van der Waals surface area contributed by atoms with Gasteiger partial charge in [0, 0.05) is 16.0 Å². The molecule has 1 aliphatic heterocycles. The highest BCUT2D eigenvalue weighted by molar-refractivity contribution is 6.30. The normalized spacial score (nSPS) is 15.8. The van der Waals surface area contributed by atoms with E-state index in [2.05, 4.69) is 33.8 Å². The lowest BCUT2D eigenvalue weighted by Crippen LogP contribution is -2.50. The van der Waals surface area contributed by atoms with E-state index >= 15 is 0 Å². The number of hydrogen-bond acceptors (Lipinski definition) is 5. The lowest BCUT2D eigenvalue weighted by atomic mass is 9.94. The molecule has 9 heteroatoms. The van der Waals surface area contributed by atoms with Crippen molar-refractivity contribution < 1.29 is 19.1 Å². The molecule has 4 aromatic rings. The van der Waals surface area contributed by atoms with Crippen molar-refractivity contribution in [2.45, 2.75) is 51.8 Å². The number of amides is 2. The summed E-state index contributed by atoms with van der Waals surface area (Å²) in [4.78, 5) is 33.6. The molecule has 0 saturated heterocycles. The highest BCUT2D eigenvalue weighted by atomic mass is 35.5. The molecule has 2 heterocycles. The second-order valence-corrected chi connectivity index (χ2v) is 11.3. The smallest absolute Gasteiger partial charge is 0.407 e. The monoisotopic (exact) mass is 546 g/mol. The number of aromatic amines is 1. The molecule has 1 saturated carbocycles. The second-order valence-electron chi connectivity index (χ2n) is 10.8. The zero-order valence-electron chi connectivity index (χ0n) is 22.1. The molecule has 39 heavy (non-hydrogen) atoms. The third-order valence-electron chi connectivity index (χ3n) is 7.65. The Morgan fingerprint density at radius 3 is 2.69 bits per heavy atom. The Kier molecular flexibility index (Phi) is 6.59. The first kappa shape index (κ1) is 25.5. The SMILES string of the molecule is COC(=O)N[C@H](C(=O)N[C@@H](CC1CC1)c1nc2c(ccc3cc4c(cc32)OCc2cc(Cl)ccc2-4)[nH]1)C(C)C. The van der Waals surface area contributed by atoms with Crippen LogP contribution < -0.4 is 15.4 Å². The number of H-pyrrole nitrogens is 1. The van der Waals surface area contributed by atoms with E-state index in [0.717, 1.165) is 63.5 Å². The quantitative estimate of drug-likeness (QED) is 0.253. The summed E-state index contributed by atoms with van der Waals surface area (Å²) >= 11 is 6.20. The summed E-state index contributed by atoms with van der Waals surface area (Å²) in [5.74, 6) is 1.69. The van der Waals surface area contributed by atoms with Crippen LogP contribution in [0.4, 0.5) is 4.79 Å². The molecule has 3 N–H and O–H groups in total. The summed E-state index contributed by atoms with van der Waals surface area (Å²) in [6, 6.07) is 13.2. The molecule has 2 atom stereocenters. The number of benzene rings is 3. The molecule has 6 rings (SSSR count). The Bertz CT molecular complexity index is 1590. The molecule has 1 fully saturated rings. The van der Waals surface area contributed by atoms with Crippen LogP contribution in [0.25, 0.3) is 32.9 Å². The van der Waals surface area contributed by atoms with Gasteiger partial charge in [-0.25, -0.2) is 9.78 Å². The number of nitrogens with zero attached hydrogens (tertiary/aromatic N) is 1. The molecule has 0 bridgehead atoms. The Morgan fingerprint density at radius 2 is 1.95 bits per heavy atom. The van der Waals surface area contributed by atoms with Gasteiger partial charge in [0.05, 0.1) is 24.2 Å². The van der Waals surface area contributed by atoms with Crippen LogP contribution in [0.15, 0.2) is 42.5 Å². The van der Waals surface area contributed by atoms with Crippen molar-refractivity contribution >= 4 is 45.4 Å². The summed E-state index contributed by atoms with van der Waals surface area (Å²) in [7, 11) is 1.29. The maximum Gasteiger partial charge on any atom is 0.407 e. The van der Waals surface area contributed by atoms with Gasteiger partial charge in [-0.05, 0) is 65.1 Å². The van der Waals surface area contributed by atoms with Crippen molar-refractivity contribution in [2.24, 2.45) is 11.8 Å². The lowest BCUT2D eigenvalue weighted by Gasteiger charge is -2.24.